The average Bonchev–Trinajstić information content (AvgIpc) is 2.29. The number of aromatic nitrogens is 1. The van der Waals surface area contributed by atoms with E-state index >= 15 is 0 Å². The Morgan fingerprint density at radius 1 is 1.50 bits per heavy atom. The standard InChI is InChI=1S/C12H10BrNO2/c1-2-16-12(15)9-6-8-4-3-5-10(13)11(8)14-7-9/h3-7H,2H2,1H3. The van der Waals surface area contributed by atoms with Crippen LogP contribution < -0.4 is 0 Å². The molecular formula is C12H10BrNO2. The van der Waals surface area contributed by atoms with E-state index in [1.165, 1.54) is 6.20 Å². The third-order valence-electron chi connectivity index (χ3n) is 2.17. The molecule has 0 unspecified atom stereocenters. The van der Waals surface area contributed by atoms with Crippen LogP contribution in [-0.2, 0) is 4.74 Å². The first kappa shape index (κ1) is 11.1. The van der Waals surface area contributed by atoms with Gasteiger partial charge in [-0.2, -0.15) is 0 Å². The summed E-state index contributed by atoms with van der Waals surface area (Å²) in [5.74, 6) is -0.336. The van der Waals surface area contributed by atoms with Gasteiger partial charge in [0.25, 0.3) is 0 Å². The van der Waals surface area contributed by atoms with Gasteiger partial charge in [-0.1, -0.05) is 12.1 Å². The number of carbonyl (C=O) groups is 1. The Balaban J connectivity index is 2.48. The second kappa shape index (κ2) is 4.61. The van der Waals surface area contributed by atoms with Gasteiger partial charge in [-0.05, 0) is 35.0 Å². The Bertz CT molecular complexity index is 540. The van der Waals surface area contributed by atoms with E-state index in [1.54, 1.807) is 13.0 Å². The van der Waals surface area contributed by atoms with Gasteiger partial charge in [0.05, 0.1) is 17.7 Å². The van der Waals surface area contributed by atoms with Gasteiger partial charge in [-0.15, -0.1) is 0 Å². The number of fused-ring (bicyclic) bond motifs is 1. The van der Waals surface area contributed by atoms with Crippen molar-refractivity contribution in [3.63, 3.8) is 0 Å². The van der Waals surface area contributed by atoms with Crippen molar-refractivity contribution < 1.29 is 9.53 Å². The van der Waals surface area contributed by atoms with Crippen LogP contribution in [0.5, 0.6) is 0 Å². The Morgan fingerprint density at radius 3 is 3.06 bits per heavy atom. The number of halogens is 1. The maximum absolute atomic E-state index is 11.5. The minimum atomic E-state index is -0.336. The summed E-state index contributed by atoms with van der Waals surface area (Å²) >= 11 is 3.41. The van der Waals surface area contributed by atoms with E-state index in [1.807, 2.05) is 18.2 Å². The van der Waals surface area contributed by atoms with Crippen LogP contribution in [0.3, 0.4) is 0 Å². The molecule has 0 aliphatic heterocycles. The van der Waals surface area contributed by atoms with Crippen LogP contribution in [-0.4, -0.2) is 17.6 Å². The summed E-state index contributed by atoms with van der Waals surface area (Å²) in [5.41, 5.74) is 1.32. The average molecular weight is 280 g/mol. The first-order valence-electron chi connectivity index (χ1n) is 4.93. The molecule has 0 saturated heterocycles. The van der Waals surface area contributed by atoms with Crippen LogP contribution >= 0.6 is 15.9 Å². The third-order valence-corrected chi connectivity index (χ3v) is 2.81. The quantitative estimate of drug-likeness (QED) is 0.793. The van der Waals surface area contributed by atoms with Crippen molar-refractivity contribution in [1.82, 2.24) is 4.98 Å². The summed E-state index contributed by atoms with van der Waals surface area (Å²) in [5, 5.41) is 0.917. The zero-order valence-electron chi connectivity index (χ0n) is 8.74. The van der Waals surface area contributed by atoms with Crippen molar-refractivity contribution in [2.75, 3.05) is 6.61 Å². The molecule has 16 heavy (non-hydrogen) atoms. The monoisotopic (exact) mass is 279 g/mol. The van der Waals surface area contributed by atoms with E-state index < -0.39 is 0 Å². The molecule has 0 bridgehead atoms. The summed E-state index contributed by atoms with van der Waals surface area (Å²) in [4.78, 5) is 15.7. The second-order valence-electron chi connectivity index (χ2n) is 3.26. The highest BCUT2D eigenvalue weighted by Gasteiger charge is 2.08. The van der Waals surface area contributed by atoms with E-state index in [0.29, 0.717) is 12.2 Å². The molecule has 2 rings (SSSR count). The smallest absolute Gasteiger partial charge is 0.339 e. The Morgan fingerprint density at radius 2 is 2.31 bits per heavy atom. The van der Waals surface area contributed by atoms with Crippen molar-refractivity contribution >= 4 is 32.8 Å². The van der Waals surface area contributed by atoms with Crippen LogP contribution in [0.1, 0.15) is 17.3 Å². The van der Waals surface area contributed by atoms with Crippen molar-refractivity contribution in [3.05, 3.63) is 40.5 Å². The molecule has 1 aromatic heterocycles. The van der Waals surface area contributed by atoms with Crippen molar-refractivity contribution in [3.8, 4) is 0 Å². The van der Waals surface area contributed by atoms with Crippen molar-refractivity contribution in [1.29, 1.82) is 0 Å². The van der Waals surface area contributed by atoms with Gasteiger partial charge in [-0.25, -0.2) is 4.79 Å². The first-order chi connectivity index (χ1) is 7.72. The number of ether oxygens (including phenoxy) is 1. The van der Waals surface area contributed by atoms with Gasteiger partial charge in [0.1, 0.15) is 0 Å². The number of nitrogens with zero attached hydrogens (tertiary/aromatic N) is 1. The van der Waals surface area contributed by atoms with Crippen LogP contribution in [0.15, 0.2) is 34.9 Å². The lowest BCUT2D eigenvalue weighted by Crippen LogP contribution is -2.04. The number of hydrogen-bond acceptors (Lipinski definition) is 3. The van der Waals surface area contributed by atoms with Gasteiger partial charge in [0.15, 0.2) is 0 Å². The molecule has 3 nitrogen and oxygen atoms in total. The molecule has 0 amide bonds. The van der Waals surface area contributed by atoms with Crippen LogP contribution in [0, 0.1) is 0 Å². The molecule has 0 fully saturated rings. The van der Waals surface area contributed by atoms with E-state index in [4.69, 9.17) is 4.74 Å². The normalized spacial score (nSPS) is 10.4. The number of para-hydroxylation sites is 1. The van der Waals surface area contributed by atoms with Gasteiger partial charge >= 0.3 is 5.97 Å². The minimum absolute atomic E-state index is 0.336. The molecule has 0 radical (unpaired) electrons. The van der Waals surface area contributed by atoms with Crippen molar-refractivity contribution in [2.45, 2.75) is 6.92 Å². The molecule has 1 aromatic carbocycles. The second-order valence-corrected chi connectivity index (χ2v) is 4.11. The fraction of sp³-hybridized carbons (Fsp3) is 0.167. The lowest BCUT2D eigenvalue weighted by Gasteiger charge is -2.03. The topological polar surface area (TPSA) is 39.2 Å². The molecule has 1 heterocycles. The molecule has 0 spiro atoms. The Kier molecular flexibility index (Phi) is 3.19. The molecule has 0 N–H and O–H groups in total. The van der Waals surface area contributed by atoms with E-state index in [2.05, 4.69) is 20.9 Å². The predicted octanol–water partition coefficient (Wildman–Crippen LogP) is 3.17. The number of pyridine rings is 1. The molecule has 4 heteroatoms. The van der Waals surface area contributed by atoms with Gasteiger partial charge in [0, 0.05) is 16.1 Å². The van der Waals surface area contributed by atoms with Gasteiger partial charge in [0.2, 0.25) is 0 Å². The summed E-state index contributed by atoms with van der Waals surface area (Å²) in [6.45, 7) is 2.15. The molecule has 0 aliphatic rings. The van der Waals surface area contributed by atoms with Crippen molar-refractivity contribution in [2.24, 2.45) is 0 Å². The van der Waals surface area contributed by atoms with Crippen LogP contribution in [0.2, 0.25) is 0 Å². The van der Waals surface area contributed by atoms with E-state index in [-0.39, 0.29) is 5.97 Å². The molecule has 2 aromatic rings. The zero-order chi connectivity index (χ0) is 11.5. The number of carbonyl (C=O) groups excluding carboxylic acids is 1. The lowest BCUT2D eigenvalue weighted by molar-refractivity contribution is 0.0526. The summed E-state index contributed by atoms with van der Waals surface area (Å²) in [7, 11) is 0. The van der Waals surface area contributed by atoms with Gasteiger partial charge < -0.3 is 4.74 Å². The molecule has 0 saturated carbocycles. The number of benzene rings is 1. The van der Waals surface area contributed by atoms with E-state index in [9.17, 15) is 4.79 Å². The Labute approximate surface area is 102 Å². The highest BCUT2D eigenvalue weighted by atomic mass is 79.9. The lowest BCUT2D eigenvalue weighted by atomic mass is 10.1. The summed E-state index contributed by atoms with van der Waals surface area (Å²) < 4.78 is 5.83. The Hall–Kier alpha value is -1.42. The molecule has 0 atom stereocenters. The number of hydrogen-bond donors (Lipinski definition) is 0. The number of esters is 1. The van der Waals surface area contributed by atoms with Gasteiger partial charge in [-0.3, -0.25) is 4.98 Å². The van der Waals surface area contributed by atoms with E-state index in [0.717, 1.165) is 15.4 Å². The predicted molar refractivity (Wildman–Crippen MR) is 65.4 cm³/mol. The molecule has 82 valence electrons. The van der Waals surface area contributed by atoms with Crippen LogP contribution in [0.4, 0.5) is 0 Å². The number of rotatable bonds is 2. The fourth-order valence-corrected chi connectivity index (χ4v) is 1.93. The SMILES string of the molecule is CCOC(=O)c1cnc2c(Br)cccc2c1. The largest absolute Gasteiger partial charge is 0.462 e. The third kappa shape index (κ3) is 2.07. The maximum atomic E-state index is 11.5. The highest BCUT2D eigenvalue weighted by molar-refractivity contribution is 9.10. The highest BCUT2D eigenvalue weighted by Crippen LogP contribution is 2.22. The first-order valence-corrected chi connectivity index (χ1v) is 5.73. The van der Waals surface area contributed by atoms with Crippen LogP contribution in [0.25, 0.3) is 10.9 Å². The molecule has 0 aliphatic carbocycles. The summed E-state index contributed by atoms with van der Waals surface area (Å²) in [6.07, 6.45) is 1.53. The zero-order valence-corrected chi connectivity index (χ0v) is 10.3. The fourth-order valence-electron chi connectivity index (χ4n) is 1.45. The maximum Gasteiger partial charge on any atom is 0.339 e. The minimum Gasteiger partial charge on any atom is -0.462 e. The summed E-state index contributed by atoms with van der Waals surface area (Å²) in [6, 6.07) is 7.52. The molecular weight excluding hydrogens is 270 g/mol.